The van der Waals surface area contributed by atoms with Crippen LogP contribution in [0.1, 0.15) is 55.8 Å². The Kier molecular flexibility index (Phi) is 3.99. The summed E-state index contributed by atoms with van der Waals surface area (Å²) in [6.45, 7) is 2.90. The largest absolute Gasteiger partial charge is 0.330 e. The summed E-state index contributed by atoms with van der Waals surface area (Å²) in [5, 5.41) is 4.56. The maximum absolute atomic E-state index is 5.61. The number of nitrogens with zero attached hydrogens (tertiary/aromatic N) is 2. The van der Waals surface area contributed by atoms with Crippen molar-refractivity contribution in [1.82, 2.24) is 9.78 Å². The number of hydrogen-bond donors (Lipinski definition) is 1. The molecule has 0 atom stereocenters. The predicted octanol–water partition coefficient (Wildman–Crippen LogP) is 2.59. The van der Waals surface area contributed by atoms with Crippen molar-refractivity contribution in [2.24, 2.45) is 5.73 Å². The van der Waals surface area contributed by atoms with Gasteiger partial charge < -0.3 is 5.73 Å². The molecule has 0 radical (unpaired) electrons. The molecule has 2 N–H and O–H groups in total. The van der Waals surface area contributed by atoms with Crippen LogP contribution in [0.4, 0.5) is 0 Å². The van der Waals surface area contributed by atoms with E-state index in [9.17, 15) is 0 Å². The van der Waals surface area contributed by atoms with E-state index in [1.807, 2.05) is 6.20 Å². The van der Waals surface area contributed by atoms with Gasteiger partial charge in [-0.15, -0.1) is 0 Å². The van der Waals surface area contributed by atoms with E-state index < -0.39 is 0 Å². The van der Waals surface area contributed by atoms with Crippen LogP contribution in [-0.4, -0.2) is 16.3 Å². The molecule has 2 rings (SSSR count). The smallest absolute Gasteiger partial charge is 0.0525 e. The van der Waals surface area contributed by atoms with E-state index in [-0.39, 0.29) is 0 Å². The van der Waals surface area contributed by atoms with Crippen LogP contribution in [0.5, 0.6) is 0 Å². The molecular formula is C13H23N3. The Balaban J connectivity index is 2.12. The van der Waals surface area contributed by atoms with E-state index in [4.69, 9.17) is 5.73 Å². The van der Waals surface area contributed by atoms with Crippen LogP contribution in [0, 0.1) is 6.92 Å². The SMILES string of the molecule is Cc1c(CCN)cnn1C1CCCCCC1. The maximum atomic E-state index is 5.61. The Morgan fingerprint density at radius 1 is 1.31 bits per heavy atom. The molecule has 0 bridgehead atoms. The third-order valence-electron chi connectivity index (χ3n) is 3.73. The van der Waals surface area contributed by atoms with Crippen molar-refractivity contribution in [2.45, 2.75) is 57.9 Å². The summed E-state index contributed by atoms with van der Waals surface area (Å²) >= 11 is 0. The van der Waals surface area contributed by atoms with E-state index >= 15 is 0 Å². The molecule has 1 aliphatic carbocycles. The highest BCUT2D eigenvalue weighted by Gasteiger charge is 2.17. The van der Waals surface area contributed by atoms with Crippen LogP contribution in [0.3, 0.4) is 0 Å². The third-order valence-corrected chi connectivity index (χ3v) is 3.73. The molecule has 16 heavy (non-hydrogen) atoms. The highest BCUT2D eigenvalue weighted by molar-refractivity contribution is 5.17. The zero-order valence-electron chi connectivity index (χ0n) is 10.3. The molecule has 0 unspecified atom stereocenters. The van der Waals surface area contributed by atoms with Gasteiger partial charge in [-0.05, 0) is 38.3 Å². The van der Waals surface area contributed by atoms with Crippen LogP contribution in [0.15, 0.2) is 6.20 Å². The summed E-state index contributed by atoms with van der Waals surface area (Å²) in [7, 11) is 0. The second-order valence-corrected chi connectivity index (χ2v) is 4.88. The second kappa shape index (κ2) is 5.48. The van der Waals surface area contributed by atoms with E-state index in [0.717, 1.165) is 13.0 Å². The van der Waals surface area contributed by atoms with Gasteiger partial charge in [-0.2, -0.15) is 5.10 Å². The average molecular weight is 221 g/mol. The lowest BCUT2D eigenvalue weighted by Gasteiger charge is -2.17. The van der Waals surface area contributed by atoms with Crippen LogP contribution in [-0.2, 0) is 6.42 Å². The van der Waals surface area contributed by atoms with Gasteiger partial charge in [0.15, 0.2) is 0 Å². The predicted molar refractivity (Wildman–Crippen MR) is 66.5 cm³/mol. The zero-order valence-corrected chi connectivity index (χ0v) is 10.3. The molecule has 1 aromatic rings. The highest BCUT2D eigenvalue weighted by Crippen LogP contribution is 2.28. The molecule has 1 heterocycles. The Morgan fingerprint density at radius 3 is 2.62 bits per heavy atom. The monoisotopic (exact) mass is 221 g/mol. The van der Waals surface area contributed by atoms with Crippen molar-refractivity contribution in [1.29, 1.82) is 0 Å². The molecule has 0 aromatic carbocycles. The van der Waals surface area contributed by atoms with Gasteiger partial charge in [-0.3, -0.25) is 4.68 Å². The lowest BCUT2D eigenvalue weighted by atomic mass is 10.1. The van der Waals surface area contributed by atoms with Crippen molar-refractivity contribution >= 4 is 0 Å². The van der Waals surface area contributed by atoms with Gasteiger partial charge in [0.05, 0.1) is 12.2 Å². The lowest BCUT2D eigenvalue weighted by Crippen LogP contribution is -2.12. The minimum absolute atomic E-state index is 0.633. The Bertz CT molecular complexity index is 322. The summed E-state index contributed by atoms with van der Waals surface area (Å²) < 4.78 is 2.25. The van der Waals surface area contributed by atoms with Crippen molar-refractivity contribution in [3.8, 4) is 0 Å². The Labute approximate surface area is 98.0 Å². The van der Waals surface area contributed by atoms with Gasteiger partial charge in [0.25, 0.3) is 0 Å². The summed E-state index contributed by atoms with van der Waals surface area (Å²) in [5.74, 6) is 0. The van der Waals surface area contributed by atoms with Crippen molar-refractivity contribution in [2.75, 3.05) is 6.54 Å². The standard InChI is InChI=1S/C13H23N3/c1-11-12(8-9-14)10-15-16(11)13-6-4-2-3-5-7-13/h10,13H,2-9,14H2,1H3. The van der Waals surface area contributed by atoms with Gasteiger partial charge >= 0.3 is 0 Å². The topological polar surface area (TPSA) is 43.8 Å². The number of rotatable bonds is 3. The fraction of sp³-hybridized carbons (Fsp3) is 0.769. The first-order valence-corrected chi connectivity index (χ1v) is 6.56. The molecular weight excluding hydrogens is 198 g/mol. The fourth-order valence-electron chi connectivity index (χ4n) is 2.73. The summed E-state index contributed by atoms with van der Waals surface area (Å²) in [6.07, 6.45) is 11.1. The molecule has 0 amide bonds. The van der Waals surface area contributed by atoms with Crippen molar-refractivity contribution in [3.63, 3.8) is 0 Å². The zero-order chi connectivity index (χ0) is 11.4. The number of aromatic nitrogens is 2. The molecule has 3 nitrogen and oxygen atoms in total. The highest BCUT2D eigenvalue weighted by atomic mass is 15.3. The van der Waals surface area contributed by atoms with Crippen LogP contribution in [0.2, 0.25) is 0 Å². The van der Waals surface area contributed by atoms with Crippen molar-refractivity contribution < 1.29 is 0 Å². The molecule has 1 aliphatic rings. The van der Waals surface area contributed by atoms with Crippen LogP contribution < -0.4 is 5.73 Å². The molecule has 1 aromatic heterocycles. The molecule has 0 saturated heterocycles. The summed E-state index contributed by atoms with van der Waals surface area (Å²) in [4.78, 5) is 0. The molecule has 0 spiro atoms. The van der Waals surface area contributed by atoms with E-state index in [1.54, 1.807) is 0 Å². The molecule has 90 valence electrons. The minimum atomic E-state index is 0.633. The fourth-order valence-corrected chi connectivity index (χ4v) is 2.73. The van der Waals surface area contributed by atoms with Gasteiger partial charge in [-0.25, -0.2) is 0 Å². The van der Waals surface area contributed by atoms with Crippen LogP contribution >= 0.6 is 0 Å². The number of hydrogen-bond acceptors (Lipinski definition) is 2. The summed E-state index contributed by atoms with van der Waals surface area (Å²) in [6, 6.07) is 0.633. The van der Waals surface area contributed by atoms with Gasteiger partial charge in [-0.1, -0.05) is 25.7 Å². The average Bonchev–Trinajstić information content (AvgIpc) is 2.55. The summed E-state index contributed by atoms with van der Waals surface area (Å²) in [5.41, 5.74) is 8.26. The molecule has 1 fully saturated rings. The first kappa shape index (κ1) is 11.6. The number of nitrogens with two attached hydrogens (primary N) is 1. The van der Waals surface area contributed by atoms with E-state index in [0.29, 0.717) is 6.04 Å². The first-order chi connectivity index (χ1) is 7.83. The van der Waals surface area contributed by atoms with Gasteiger partial charge in [0.1, 0.15) is 0 Å². The first-order valence-electron chi connectivity index (χ1n) is 6.56. The van der Waals surface area contributed by atoms with Crippen LogP contribution in [0.25, 0.3) is 0 Å². The molecule has 1 saturated carbocycles. The normalized spacial score (nSPS) is 18.6. The molecule has 3 heteroatoms. The second-order valence-electron chi connectivity index (χ2n) is 4.88. The maximum Gasteiger partial charge on any atom is 0.0525 e. The third kappa shape index (κ3) is 2.46. The van der Waals surface area contributed by atoms with Gasteiger partial charge in [0, 0.05) is 5.69 Å². The van der Waals surface area contributed by atoms with Gasteiger partial charge in [0.2, 0.25) is 0 Å². The lowest BCUT2D eigenvalue weighted by molar-refractivity contribution is 0.397. The minimum Gasteiger partial charge on any atom is -0.330 e. The Morgan fingerprint density at radius 2 is 2.00 bits per heavy atom. The molecule has 0 aliphatic heterocycles. The van der Waals surface area contributed by atoms with Crippen molar-refractivity contribution in [3.05, 3.63) is 17.5 Å². The Hall–Kier alpha value is -0.830. The van der Waals surface area contributed by atoms with E-state index in [2.05, 4.69) is 16.7 Å². The quantitative estimate of drug-likeness (QED) is 0.797. The van der Waals surface area contributed by atoms with E-state index in [1.165, 1.54) is 49.8 Å².